The van der Waals surface area contributed by atoms with Crippen LogP contribution in [0.5, 0.6) is 0 Å². The predicted octanol–water partition coefficient (Wildman–Crippen LogP) is 1.81. The molecule has 0 atom stereocenters. The number of hydrogen-bond donors (Lipinski definition) is 1. The number of carbonyl (C=O) groups is 2. The van der Waals surface area contributed by atoms with Crippen molar-refractivity contribution >= 4 is 28.2 Å². The van der Waals surface area contributed by atoms with Crippen molar-refractivity contribution in [2.24, 2.45) is 0 Å². The van der Waals surface area contributed by atoms with Crippen molar-refractivity contribution in [2.75, 3.05) is 12.4 Å². The van der Waals surface area contributed by atoms with Crippen molar-refractivity contribution in [3.05, 3.63) is 24.3 Å². The minimum atomic E-state index is -4.00. The van der Waals surface area contributed by atoms with Crippen LogP contribution in [-0.2, 0) is 19.6 Å². The van der Waals surface area contributed by atoms with E-state index >= 15 is 0 Å². The molecule has 1 aromatic carbocycles. The van der Waals surface area contributed by atoms with Crippen molar-refractivity contribution < 1.29 is 22.7 Å². The first kappa shape index (κ1) is 17.0. The second kappa shape index (κ2) is 6.13. The third-order valence-corrected chi connectivity index (χ3v) is 4.13. The van der Waals surface area contributed by atoms with Crippen LogP contribution in [0.3, 0.4) is 0 Å². The van der Waals surface area contributed by atoms with Gasteiger partial charge in [-0.05, 0) is 45.0 Å². The summed E-state index contributed by atoms with van der Waals surface area (Å²) in [5.74, 6) is 0. The molecular weight excluding hydrogens is 296 g/mol. The van der Waals surface area contributed by atoms with Crippen molar-refractivity contribution in [1.29, 1.82) is 0 Å². The maximum Gasteiger partial charge on any atom is 0.424 e. The maximum atomic E-state index is 12.3. The highest BCUT2D eigenvalue weighted by Crippen LogP contribution is 2.19. The summed E-state index contributed by atoms with van der Waals surface area (Å²) in [5.41, 5.74) is -0.345. The zero-order chi connectivity index (χ0) is 16.3. The summed E-state index contributed by atoms with van der Waals surface area (Å²) in [6.45, 7) is 4.93. The zero-order valence-electron chi connectivity index (χ0n) is 12.3. The molecule has 0 unspecified atom stereocenters. The number of nitrogens with zero attached hydrogens (tertiary/aromatic N) is 1. The van der Waals surface area contributed by atoms with E-state index in [0.29, 0.717) is 16.4 Å². The van der Waals surface area contributed by atoms with Gasteiger partial charge in [0.05, 0.1) is 4.90 Å². The van der Waals surface area contributed by atoms with Crippen LogP contribution >= 0.6 is 0 Å². The highest BCUT2D eigenvalue weighted by atomic mass is 32.2. The first-order valence-corrected chi connectivity index (χ1v) is 7.54. The van der Waals surface area contributed by atoms with Crippen LogP contribution < -0.4 is 5.32 Å². The van der Waals surface area contributed by atoms with Gasteiger partial charge in [-0.2, -0.15) is 0 Å². The smallest absolute Gasteiger partial charge is 0.424 e. The van der Waals surface area contributed by atoms with Gasteiger partial charge < -0.3 is 10.1 Å². The van der Waals surface area contributed by atoms with Gasteiger partial charge in [-0.25, -0.2) is 17.5 Å². The fourth-order valence-corrected chi connectivity index (χ4v) is 2.40. The number of benzene rings is 1. The number of nitrogens with one attached hydrogen (secondary N) is 1. The minimum Gasteiger partial charge on any atom is -0.443 e. The zero-order valence-corrected chi connectivity index (χ0v) is 13.1. The summed E-state index contributed by atoms with van der Waals surface area (Å²) in [6, 6.07) is 5.43. The molecule has 1 N–H and O–H groups in total. The number of sulfonamides is 1. The van der Waals surface area contributed by atoms with E-state index in [1.54, 1.807) is 20.8 Å². The predicted molar refractivity (Wildman–Crippen MR) is 77.3 cm³/mol. The Bertz CT molecular complexity index is 617. The fourth-order valence-electron chi connectivity index (χ4n) is 1.37. The minimum absolute atomic E-state index is 0.0766. The molecule has 1 rings (SSSR count). The lowest BCUT2D eigenvalue weighted by Gasteiger charge is -2.24. The number of hydrogen-bond acceptors (Lipinski definition) is 5. The van der Waals surface area contributed by atoms with Gasteiger partial charge in [0.15, 0.2) is 0 Å². The van der Waals surface area contributed by atoms with Crippen molar-refractivity contribution in [1.82, 2.24) is 4.31 Å². The monoisotopic (exact) mass is 314 g/mol. The van der Waals surface area contributed by atoms with E-state index in [2.05, 4.69) is 5.32 Å². The highest BCUT2D eigenvalue weighted by molar-refractivity contribution is 7.89. The molecule has 0 radical (unpaired) electrons. The van der Waals surface area contributed by atoms with Crippen LogP contribution in [0, 0.1) is 0 Å². The molecule has 0 aliphatic heterocycles. The number of carbonyl (C=O) groups excluding carboxylic acids is 2. The molecule has 1 aromatic rings. The van der Waals surface area contributed by atoms with Crippen LogP contribution in [0.2, 0.25) is 0 Å². The van der Waals surface area contributed by atoms with Gasteiger partial charge in [-0.1, -0.05) is 0 Å². The van der Waals surface area contributed by atoms with E-state index in [9.17, 15) is 18.0 Å². The Morgan fingerprint density at radius 3 is 2.19 bits per heavy atom. The van der Waals surface area contributed by atoms with E-state index in [4.69, 9.17) is 4.74 Å². The second-order valence-electron chi connectivity index (χ2n) is 5.24. The van der Waals surface area contributed by atoms with Crippen LogP contribution in [0.15, 0.2) is 29.2 Å². The van der Waals surface area contributed by atoms with Crippen molar-refractivity contribution in [3.63, 3.8) is 0 Å². The van der Waals surface area contributed by atoms with Gasteiger partial charge in [0.2, 0.25) is 6.41 Å². The molecule has 0 saturated heterocycles. The van der Waals surface area contributed by atoms with Crippen LogP contribution in [-0.4, -0.2) is 37.9 Å². The molecule has 0 aromatic heterocycles. The Labute approximate surface area is 123 Å². The number of amides is 2. The average molecular weight is 314 g/mol. The molecule has 21 heavy (non-hydrogen) atoms. The summed E-state index contributed by atoms with van der Waals surface area (Å²) in [4.78, 5) is 22.0. The third kappa shape index (κ3) is 4.45. The van der Waals surface area contributed by atoms with E-state index in [1.165, 1.54) is 24.3 Å². The molecule has 0 bridgehead atoms. The van der Waals surface area contributed by atoms with Gasteiger partial charge in [-0.3, -0.25) is 4.79 Å². The normalized spacial score (nSPS) is 11.6. The molecule has 0 saturated carbocycles. The summed E-state index contributed by atoms with van der Waals surface area (Å²) < 4.78 is 30.1. The van der Waals surface area contributed by atoms with Gasteiger partial charge in [0.1, 0.15) is 5.60 Å². The number of ether oxygens (including phenoxy) is 1. The Balaban J connectivity index is 2.99. The van der Waals surface area contributed by atoms with Crippen molar-refractivity contribution in [2.45, 2.75) is 31.3 Å². The summed E-state index contributed by atoms with van der Waals surface area (Å²) in [5, 5.41) is 2.39. The Hall–Kier alpha value is -2.09. The Morgan fingerprint density at radius 1 is 1.24 bits per heavy atom. The highest BCUT2D eigenvalue weighted by Gasteiger charge is 2.29. The lowest BCUT2D eigenvalue weighted by molar-refractivity contribution is -0.105. The van der Waals surface area contributed by atoms with Gasteiger partial charge in [0, 0.05) is 12.7 Å². The number of rotatable bonds is 4. The fraction of sp³-hybridized carbons (Fsp3) is 0.385. The average Bonchev–Trinajstić information content (AvgIpc) is 2.37. The molecule has 0 spiro atoms. The van der Waals surface area contributed by atoms with Crippen LogP contribution in [0.25, 0.3) is 0 Å². The molecule has 116 valence electrons. The first-order valence-electron chi connectivity index (χ1n) is 6.10. The summed E-state index contributed by atoms with van der Waals surface area (Å²) in [6.07, 6.45) is -0.478. The molecule has 8 heteroatoms. The van der Waals surface area contributed by atoms with E-state index in [-0.39, 0.29) is 4.90 Å². The third-order valence-electron chi connectivity index (χ3n) is 2.39. The molecule has 2 amide bonds. The molecule has 7 nitrogen and oxygen atoms in total. The van der Waals surface area contributed by atoms with E-state index in [0.717, 1.165) is 7.05 Å². The lowest BCUT2D eigenvalue weighted by atomic mass is 10.2. The Morgan fingerprint density at radius 2 is 1.76 bits per heavy atom. The summed E-state index contributed by atoms with van der Waals surface area (Å²) >= 11 is 0. The second-order valence-corrected chi connectivity index (χ2v) is 7.21. The molecule has 0 aliphatic carbocycles. The standard InChI is InChI=1S/C13H18N2O5S/c1-13(2,3)20-12(17)15(4)21(18,19)11-7-5-10(6-8-11)14-9-16/h5-9H,1-4H3,(H,14,16). The molecule has 0 fully saturated rings. The quantitative estimate of drug-likeness (QED) is 0.856. The maximum absolute atomic E-state index is 12.3. The summed E-state index contributed by atoms with van der Waals surface area (Å²) in [7, 11) is -2.87. The van der Waals surface area contributed by atoms with Crippen LogP contribution in [0.4, 0.5) is 10.5 Å². The number of anilines is 1. The Kier molecular flexibility index (Phi) is 4.95. The molecule has 0 aliphatic rings. The lowest BCUT2D eigenvalue weighted by Crippen LogP contribution is -2.38. The molecule has 0 heterocycles. The largest absolute Gasteiger partial charge is 0.443 e. The van der Waals surface area contributed by atoms with Crippen LogP contribution in [0.1, 0.15) is 20.8 Å². The first-order chi connectivity index (χ1) is 9.58. The van der Waals surface area contributed by atoms with E-state index in [1.807, 2.05) is 0 Å². The molecular formula is C13H18N2O5S. The topological polar surface area (TPSA) is 92.8 Å². The van der Waals surface area contributed by atoms with Gasteiger partial charge >= 0.3 is 6.09 Å². The van der Waals surface area contributed by atoms with Gasteiger partial charge in [0.25, 0.3) is 10.0 Å². The van der Waals surface area contributed by atoms with Gasteiger partial charge in [-0.15, -0.1) is 0 Å². The van der Waals surface area contributed by atoms with Crippen molar-refractivity contribution in [3.8, 4) is 0 Å². The SMILES string of the molecule is CN(C(=O)OC(C)(C)C)S(=O)(=O)c1ccc(NC=O)cc1. The van der Waals surface area contributed by atoms with E-state index < -0.39 is 21.7 Å².